The lowest BCUT2D eigenvalue weighted by molar-refractivity contribution is 0.0292. The topological polar surface area (TPSA) is 55.8 Å². The molecular formula is C17H25NO4S. The quantitative estimate of drug-likeness (QED) is 0.790. The van der Waals surface area contributed by atoms with Crippen molar-refractivity contribution in [2.75, 3.05) is 39.2 Å². The number of rotatable bonds is 6. The summed E-state index contributed by atoms with van der Waals surface area (Å²) in [5, 5.41) is 0. The molecule has 2 heterocycles. The van der Waals surface area contributed by atoms with Gasteiger partial charge in [-0.05, 0) is 31.0 Å². The number of nitrogens with zero attached hydrogens (tertiary/aromatic N) is 1. The van der Waals surface area contributed by atoms with Gasteiger partial charge in [0, 0.05) is 32.2 Å². The molecule has 0 aromatic heterocycles. The van der Waals surface area contributed by atoms with Crippen LogP contribution in [0.2, 0.25) is 0 Å². The number of methoxy groups -OCH3 is 1. The molecule has 1 aromatic carbocycles. The van der Waals surface area contributed by atoms with E-state index in [1.807, 2.05) is 31.2 Å². The van der Waals surface area contributed by atoms with Crippen LogP contribution in [0.4, 0.5) is 0 Å². The lowest BCUT2D eigenvalue weighted by Gasteiger charge is -2.50. The Morgan fingerprint density at radius 3 is 2.83 bits per heavy atom. The normalized spacial score (nSPS) is 25.4. The summed E-state index contributed by atoms with van der Waals surface area (Å²) in [5.41, 5.74) is 1.15. The van der Waals surface area contributed by atoms with Crippen LogP contribution in [0.15, 0.2) is 24.3 Å². The van der Waals surface area contributed by atoms with Crippen LogP contribution >= 0.6 is 0 Å². The van der Waals surface area contributed by atoms with Gasteiger partial charge in [0.2, 0.25) is 0 Å². The lowest BCUT2D eigenvalue weighted by atomic mass is 9.83. The first-order valence-electron chi connectivity index (χ1n) is 8.16. The Morgan fingerprint density at radius 2 is 2.13 bits per heavy atom. The van der Waals surface area contributed by atoms with E-state index in [0.29, 0.717) is 32.1 Å². The number of ether oxygens (including phenoxy) is 2. The van der Waals surface area contributed by atoms with Crippen molar-refractivity contribution in [3.05, 3.63) is 29.8 Å². The van der Waals surface area contributed by atoms with Gasteiger partial charge < -0.3 is 9.47 Å². The first-order valence-corrected chi connectivity index (χ1v) is 9.81. The first kappa shape index (κ1) is 16.7. The zero-order valence-corrected chi connectivity index (χ0v) is 14.6. The van der Waals surface area contributed by atoms with Crippen LogP contribution in [0.25, 0.3) is 0 Å². The second-order valence-electron chi connectivity index (χ2n) is 6.53. The van der Waals surface area contributed by atoms with Crippen molar-refractivity contribution in [2.24, 2.45) is 5.92 Å². The summed E-state index contributed by atoms with van der Waals surface area (Å²) in [4.78, 5) is 2.20. The maximum atomic E-state index is 12.5. The van der Waals surface area contributed by atoms with Gasteiger partial charge in [0.25, 0.3) is 0 Å². The number of likely N-dealkylation sites (tertiary alicyclic amines) is 1. The second-order valence-corrected chi connectivity index (χ2v) is 8.98. The van der Waals surface area contributed by atoms with Crippen molar-refractivity contribution in [3.63, 3.8) is 0 Å². The van der Waals surface area contributed by atoms with E-state index in [9.17, 15) is 8.42 Å². The van der Waals surface area contributed by atoms with Crippen LogP contribution < -0.4 is 4.74 Å². The average molecular weight is 339 g/mol. The van der Waals surface area contributed by atoms with Crippen molar-refractivity contribution < 1.29 is 17.9 Å². The summed E-state index contributed by atoms with van der Waals surface area (Å²) in [6, 6.07) is 7.94. The smallest absolute Gasteiger partial charge is 0.158 e. The fraction of sp³-hybridized carbons (Fsp3) is 0.647. The molecule has 0 aliphatic carbocycles. The van der Waals surface area contributed by atoms with Crippen LogP contribution in [0.1, 0.15) is 18.9 Å². The molecule has 2 aliphatic heterocycles. The van der Waals surface area contributed by atoms with Gasteiger partial charge in [-0.25, -0.2) is 8.42 Å². The first-order chi connectivity index (χ1) is 11.0. The van der Waals surface area contributed by atoms with Crippen molar-refractivity contribution in [2.45, 2.75) is 24.6 Å². The van der Waals surface area contributed by atoms with Crippen LogP contribution in [0.5, 0.6) is 5.75 Å². The standard InChI is InChI=1S/C17H25NO4S/c1-3-22-11-15-7-8-23(19,20)17(15)12-18(13-17)10-14-5-4-6-16(9-14)21-2/h4-6,9,15H,3,7-8,10-13H2,1-2H3/t15-/m0/s1. The molecule has 5 nitrogen and oxygen atoms in total. The highest BCUT2D eigenvalue weighted by atomic mass is 32.2. The van der Waals surface area contributed by atoms with E-state index in [2.05, 4.69) is 4.90 Å². The fourth-order valence-electron chi connectivity index (χ4n) is 3.82. The van der Waals surface area contributed by atoms with E-state index in [-0.39, 0.29) is 5.92 Å². The van der Waals surface area contributed by atoms with Crippen molar-refractivity contribution in [1.29, 1.82) is 0 Å². The van der Waals surface area contributed by atoms with E-state index in [4.69, 9.17) is 9.47 Å². The second kappa shape index (κ2) is 6.42. The molecular weight excluding hydrogens is 314 g/mol. The molecule has 2 aliphatic rings. The van der Waals surface area contributed by atoms with Crippen molar-refractivity contribution in [1.82, 2.24) is 4.90 Å². The van der Waals surface area contributed by atoms with Gasteiger partial charge in [-0.15, -0.1) is 0 Å². The Hall–Kier alpha value is -1.11. The maximum absolute atomic E-state index is 12.5. The molecule has 0 bridgehead atoms. The van der Waals surface area contributed by atoms with E-state index < -0.39 is 14.6 Å². The molecule has 3 rings (SSSR count). The molecule has 1 spiro atoms. The summed E-state index contributed by atoms with van der Waals surface area (Å²) in [6.45, 7) is 5.14. The third-order valence-corrected chi connectivity index (χ3v) is 7.75. The summed E-state index contributed by atoms with van der Waals surface area (Å²) >= 11 is 0. The molecule has 0 unspecified atom stereocenters. The van der Waals surface area contributed by atoms with E-state index in [1.165, 1.54) is 0 Å². The highest BCUT2D eigenvalue weighted by Gasteiger charge is 2.61. The minimum atomic E-state index is -3.01. The predicted molar refractivity (Wildman–Crippen MR) is 89.4 cm³/mol. The van der Waals surface area contributed by atoms with Gasteiger partial charge in [-0.1, -0.05) is 12.1 Å². The molecule has 0 N–H and O–H groups in total. The highest BCUT2D eigenvalue weighted by molar-refractivity contribution is 7.93. The van der Waals surface area contributed by atoms with E-state index in [1.54, 1.807) is 7.11 Å². The molecule has 2 fully saturated rings. The zero-order valence-electron chi connectivity index (χ0n) is 13.8. The van der Waals surface area contributed by atoms with E-state index in [0.717, 1.165) is 24.3 Å². The molecule has 0 radical (unpaired) electrons. The molecule has 128 valence electrons. The van der Waals surface area contributed by atoms with Crippen LogP contribution in [0.3, 0.4) is 0 Å². The fourth-order valence-corrected chi connectivity index (χ4v) is 6.27. The minimum Gasteiger partial charge on any atom is -0.497 e. The number of hydrogen-bond acceptors (Lipinski definition) is 5. The number of sulfone groups is 1. The van der Waals surface area contributed by atoms with Gasteiger partial charge in [0.05, 0.1) is 19.5 Å². The molecule has 0 amide bonds. The van der Waals surface area contributed by atoms with Crippen LogP contribution in [0, 0.1) is 5.92 Å². The molecule has 0 saturated carbocycles. The zero-order chi connectivity index (χ0) is 16.5. The van der Waals surface area contributed by atoms with Gasteiger partial charge >= 0.3 is 0 Å². The molecule has 1 atom stereocenters. The Bertz CT molecular complexity index is 652. The van der Waals surface area contributed by atoms with Gasteiger partial charge in [0.15, 0.2) is 9.84 Å². The SMILES string of the molecule is CCOC[C@@H]1CCS(=O)(=O)C12CN(Cc1cccc(OC)c1)C2. The minimum absolute atomic E-state index is 0.133. The van der Waals surface area contributed by atoms with Crippen molar-refractivity contribution in [3.8, 4) is 5.75 Å². The molecule has 1 aromatic rings. The molecule has 23 heavy (non-hydrogen) atoms. The Labute approximate surface area is 138 Å². The van der Waals surface area contributed by atoms with Gasteiger partial charge in [-0.3, -0.25) is 4.90 Å². The van der Waals surface area contributed by atoms with Crippen LogP contribution in [-0.4, -0.2) is 57.2 Å². The molecule has 6 heteroatoms. The van der Waals surface area contributed by atoms with Crippen LogP contribution in [-0.2, 0) is 21.1 Å². The number of hydrogen-bond donors (Lipinski definition) is 0. The maximum Gasteiger partial charge on any atom is 0.158 e. The molecule has 2 saturated heterocycles. The third-order valence-electron chi connectivity index (χ3n) is 5.14. The third kappa shape index (κ3) is 2.99. The largest absolute Gasteiger partial charge is 0.497 e. The van der Waals surface area contributed by atoms with Gasteiger partial charge in [0.1, 0.15) is 10.5 Å². The van der Waals surface area contributed by atoms with Gasteiger partial charge in [-0.2, -0.15) is 0 Å². The highest BCUT2D eigenvalue weighted by Crippen LogP contribution is 2.45. The summed E-state index contributed by atoms with van der Waals surface area (Å²) in [7, 11) is -1.36. The van der Waals surface area contributed by atoms with Crippen molar-refractivity contribution >= 4 is 9.84 Å². The number of benzene rings is 1. The lowest BCUT2D eigenvalue weighted by Crippen LogP contribution is -2.67. The average Bonchev–Trinajstić information content (AvgIpc) is 2.76. The summed E-state index contributed by atoms with van der Waals surface area (Å²) < 4.78 is 35.3. The Morgan fingerprint density at radius 1 is 1.35 bits per heavy atom. The Kier molecular flexibility index (Phi) is 4.67. The van der Waals surface area contributed by atoms with E-state index >= 15 is 0 Å². The summed E-state index contributed by atoms with van der Waals surface area (Å²) in [6.07, 6.45) is 0.731. The summed E-state index contributed by atoms with van der Waals surface area (Å²) in [5.74, 6) is 1.27. The Balaban J connectivity index is 1.67. The monoisotopic (exact) mass is 339 g/mol. The predicted octanol–water partition coefficient (Wildman–Crippen LogP) is 1.72.